The fourth-order valence-electron chi connectivity index (χ4n) is 2.15. The summed E-state index contributed by atoms with van der Waals surface area (Å²) in [6, 6.07) is 10.1. The molecule has 22 heavy (non-hydrogen) atoms. The molecule has 3 rings (SSSR count). The summed E-state index contributed by atoms with van der Waals surface area (Å²) >= 11 is 0. The minimum Gasteiger partial charge on any atom is -0.504 e. The fraction of sp³-hybridized carbons (Fsp3) is 0.118. The molecule has 0 spiro atoms. The van der Waals surface area contributed by atoms with Gasteiger partial charge in [-0.05, 0) is 36.4 Å². The zero-order chi connectivity index (χ0) is 15.5. The zero-order valence-electron chi connectivity index (χ0n) is 11.9. The number of hydrogen-bond donors (Lipinski definition) is 1. The summed E-state index contributed by atoms with van der Waals surface area (Å²) in [7, 11) is 1.47. The normalized spacial score (nSPS) is 12.6. The Morgan fingerprint density at radius 3 is 2.86 bits per heavy atom. The molecule has 0 atom stereocenters. The number of carbonyl (C=O) groups excluding carboxylic acids is 1. The third-order valence-electron chi connectivity index (χ3n) is 3.32. The topological polar surface area (TPSA) is 65.0 Å². The van der Waals surface area contributed by atoms with Crippen molar-refractivity contribution >= 4 is 11.9 Å². The Balaban J connectivity index is 1.82. The molecule has 5 heteroatoms. The van der Waals surface area contributed by atoms with Crippen LogP contribution in [0.4, 0.5) is 0 Å². The van der Waals surface area contributed by atoms with Crippen molar-refractivity contribution in [3.8, 4) is 23.0 Å². The number of phenols is 1. The number of hydrogen-bond acceptors (Lipinski definition) is 5. The van der Waals surface area contributed by atoms with Crippen molar-refractivity contribution in [2.45, 2.75) is 0 Å². The molecule has 2 aromatic carbocycles. The van der Waals surface area contributed by atoms with Crippen molar-refractivity contribution < 1.29 is 24.1 Å². The van der Waals surface area contributed by atoms with Crippen molar-refractivity contribution in [3.63, 3.8) is 0 Å². The molecule has 0 aromatic heterocycles. The maximum absolute atomic E-state index is 12.2. The molecule has 0 aliphatic carbocycles. The highest BCUT2D eigenvalue weighted by Gasteiger charge is 2.15. The molecule has 1 N–H and O–H groups in total. The van der Waals surface area contributed by atoms with Crippen LogP contribution in [0, 0.1) is 0 Å². The first kappa shape index (κ1) is 14.0. The average Bonchev–Trinajstić information content (AvgIpc) is 3.01. The van der Waals surface area contributed by atoms with Crippen LogP contribution in [0.5, 0.6) is 23.0 Å². The molecule has 1 aliphatic heterocycles. The Labute approximate surface area is 127 Å². The van der Waals surface area contributed by atoms with Gasteiger partial charge in [-0.1, -0.05) is 12.1 Å². The molecule has 0 radical (unpaired) electrons. The smallest absolute Gasteiger partial charge is 0.231 e. The number of ketones is 1. The summed E-state index contributed by atoms with van der Waals surface area (Å²) in [5.74, 6) is 1.35. The number of fused-ring (bicyclic) bond motifs is 1. The summed E-state index contributed by atoms with van der Waals surface area (Å²) in [4.78, 5) is 12.2. The maximum atomic E-state index is 12.2. The molecule has 0 saturated carbocycles. The van der Waals surface area contributed by atoms with Crippen molar-refractivity contribution in [3.05, 3.63) is 53.6 Å². The number of phenolic OH excluding ortho intramolecular Hbond substituents is 1. The number of para-hydroxylation sites is 1. The summed E-state index contributed by atoms with van der Waals surface area (Å²) in [5, 5.41) is 9.98. The van der Waals surface area contributed by atoms with Crippen LogP contribution < -0.4 is 14.2 Å². The first-order valence-electron chi connectivity index (χ1n) is 6.67. The van der Waals surface area contributed by atoms with Crippen LogP contribution in [0.2, 0.25) is 0 Å². The Kier molecular flexibility index (Phi) is 3.70. The fourth-order valence-corrected chi connectivity index (χ4v) is 2.15. The van der Waals surface area contributed by atoms with Gasteiger partial charge in [-0.15, -0.1) is 0 Å². The Bertz CT molecular complexity index is 749. The number of benzene rings is 2. The second kappa shape index (κ2) is 5.81. The van der Waals surface area contributed by atoms with Crippen LogP contribution >= 0.6 is 0 Å². The Morgan fingerprint density at radius 2 is 2.05 bits per heavy atom. The van der Waals surface area contributed by atoms with Gasteiger partial charge in [0.15, 0.2) is 28.8 Å². The third-order valence-corrected chi connectivity index (χ3v) is 3.32. The largest absolute Gasteiger partial charge is 0.504 e. The first-order valence-corrected chi connectivity index (χ1v) is 6.67. The molecular formula is C17H14O5. The number of rotatable bonds is 4. The molecule has 0 saturated heterocycles. The van der Waals surface area contributed by atoms with E-state index in [1.807, 2.05) is 0 Å². The molecule has 2 aromatic rings. The molecule has 5 nitrogen and oxygen atoms in total. The Hall–Kier alpha value is -2.95. The van der Waals surface area contributed by atoms with Crippen molar-refractivity contribution in [2.75, 3.05) is 13.9 Å². The van der Waals surface area contributed by atoms with Crippen LogP contribution in [0.25, 0.3) is 6.08 Å². The highest BCUT2D eigenvalue weighted by atomic mass is 16.7. The first-order chi connectivity index (χ1) is 10.7. The lowest BCUT2D eigenvalue weighted by atomic mass is 10.1. The van der Waals surface area contributed by atoms with E-state index in [4.69, 9.17) is 14.2 Å². The van der Waals surface area contributed by atoms with Crippen LogP contribution in [-0.4, -0.2) is 24.8 Å². The van der Waals surface area contributed by atoms with Crippen LogP contribution in [-0.2, 0) is 0 Å². The van der Waals surface area contributed by atoms with E-state index in [1.54, 1.807) is 42.5 Å². The minimum absolute atomic E-state index is 0.000244. The van der Waals surface area contributed by atoms with Crippen LogP contribution in [0.3, 0.4) is 0 Å². The number of methoxy groups -OCH3 is 1. The number of carbonyl (C=O) groups is 1. The molecule has 112 valence electrons. The van der Waals surface area contributed by atoms with E-state index in [-0.39, 0.29) is 18.3 Å². The van der Waals surface area contributed by atoms with E-state index in [1.165, 1.54) is 13.2 Å². The monoisotopic (exact) mass is 298 g/mol. The molecule has 0 fully saturated rings. The predicted octanol–water partition coefficient (Wildman–Crippen LogP) is 3.03. The lowest BCUT2D eigenvalue weighted by Gasteiger charge is -2.05. The third kappa shape index (κ3) is 2.61. The SMILES string of the molecule is COc1cccc(/C=C/C(=O)c2ccc3c(c2)OCO3)c1O. The highest BCUT2D eigenvalue weighted by Crippen LogP contribution is 2.33. The standard InChI is InChI=1S/C17H14O5/c1-20-15-4-2-3-11(17(15)19)5-7-13(18)12-6-8-14-16(9-12)22-10-21-14/h2-9,19H,10H2,1H3/b7-5+. The van der Waals surface area contributed by atoms with E-state index >= 15 is 0 Å². The number of allylic oxidation sites excluding steroid dienone is 1. The highest BCUT2D eigenvalue weighted by molar-refractivity contribution is 6.07. The van der Waals surface area contributed by atoms with Crippen molar-refractivity contribution in [2.24, 2.45) is 0 Å². The van der Waals surface area contributed by atoms with E-state index in [0.29, 0.717) is 28.4 Å². The summed E-state index contributed by atoms with van der Waals surface area (Å²) in [6.07, 6.45) is 2.94. The molecule has 1 aliphatic rings. The average molecular weight is 298 g/mol. The Morgan fingerprint density at radius 1 is 1.23 bits per heavy atom. The molecule has 0 unspecified atom stereocenters. The van der Waals surface area contributed by atoms with Crippen molar-refractivity contribution in [1.82, 2.24) is 0 Å². The van der Waals surface area contributed by atoms with Gasteiger partial charge in [-0.2, -0.15) is 0 Å². The van der Waals surface area contributed by atoms with E-state index < -0.39 is 0 Å². The van der Waals surface area contributed by atoms with Crippen molar-refractivity contribution in [1.29, 1.82) is 0 Å². The van der Waals surface area contributed by atoms with Gasteiger partial charge in [-0.3, -0.25) is 4.79 Å². The molecule has 0 bridgehead atoms. The molecule has 1 heterocycles. The summed E-state index contributed by atoms with van der Waals surface area (Å²) in [6.45, 7) is 0.167. The van der Waals surface area contributed by atoms with Gasteiger partial charge in [0, 0.05) is 11.1 Å². The zero-order valence-corrected chi connectivity index (χ0v) is 11.9. The van der Waals surface area contributed by atoms with Crippen LogP contribution in [0.15, 0.2) is 42.5 Å². The van der Waals surface area contributed by atoms with Gasteiger partial charge >= 0.3 is 0 Å². The van der Waals surface area contributed by atoms with Gasteiger partial charge in [0.2, 0.25) is 6.79 Å². The maximum Gasteiger partial charge on any atom is 0.231 e. The second-order valence-electron chi connectivity index (χ2n) is 4.66. The molecule has 0 amide bonds. The lowest BCUT2D eigenvalue weighted by molar-refractivity contribution is 0.104. The van der Waals surface area contributed by atoms with Gasteiger partial charge in [0.25, 0.3) is 0 Å². The summed E-state index contributed by atoms with van der Waals surface area (Å²) < 4.78 is 15.5. The lowest BCUT2D eigenvalue weighted by Crippen LogP contribution is -1.94. The second-order valence-corrected chi connectivity index (χ2v) is 4.66. The minimum atomic E-state index is -0.194. The number of ether oxygens (including phenoxy) is 3. The van der Waals surface area contributed by atoms with E-state index in [9.17, 15) is 9.90 Å². The van der Waals surface area contributed by atoms with Crippen LogP contribution in [0.1, 0.15) is 15.9 Å². The predicted molar refractivity (Wildman–Crippen MR) is 80.6 cm³/mol. The number of aromatic hydroxyl groups is 1. The van der Waals surface area contributed by atoms with Gasteiger partial charge in [0.1, 0.15) is 0 Å². The van der Waals surface area contributed by atoms with Gasteiger partial charge in [0.05, 0.1) is 7.11 Å². The van der Waals surface area contributed by atoms with Gasteiger partial charge < -0.3 is 19.3 Å². The molecular weight excluding hydrogens is 284 g/mol. The van der Waals surface area contributed by atoms with E-state index in [0.717, 1.165) is 0 Å². The summed E-state index contributed by atoms with van der Waals surface area (Å²) in [5.41, 5.74) is 0.997. The van der Waals surface area contributed by atoms with Gasteiger partial charge in [-0.25, -0.2) is 0 Å². The van der Waals surface area contributed by atoms with E-state index in [2.05, 4.69) is 0 Å². The quantitative estimate of drug-likeness (QED) is 0.694.